The zero-order valence-electron chi connectivity index (χ0n) is 15.1. The number of amides is 1. The lowest BCUT2D eigenvalue weighted by Gasteiger charge is -2.35. The van der Waals surface area contributed by atoms with E-state index >= 15 is 0 Å². The van der Waals surface area contributed by atoms with E-state index in [1.54, 1.807) is 0 Å². The van der Waals surface area contributed by atoms with Crippen molar-refractivity contribution in [1.82, 2.24) is 10.3 Å². The van der Waals surface area contributed by atoms with Crippen LogP contribution in [0.4, 0.5) is 4.79 Å². The van der Waals surface area contributed by atoms with E-state index in [0.717, 1.165) is 0 Å². The maximum atomic E-state index is 10.9. The quantitative estimate of drug-likeness (QED) is 0.661. The van der Waals surface area contributed by atoms with Crippen LogP contribution in [0.5, 0.6) is 0 Å². The molecule has 0 saturated carbocycles. The molecule has 0 aliphatic carbocycles. The number of rotatable bonds is 3. The van der Waals surface area contributed by atoms with E-state index in [1.807, 2.05) is 5.38 Å². The molecule has 0 aliphatic rings. The molecule has 24 heavy (non-hydrogen) atoms. The summed E-state index contributed by atoms with van der Waals surface area (Å²) in [6, 6.07) is 0. The third-order valence-electron chi connectivity index (χ3n) is 3.73. The lowest BCUT2D eigenvalue weighted by molar-refractivity contribution is 0.172. The molecule has 0 spiro atoms. The Bertz CT molecular complexity index is 684. The fraction of sp³-hybridized carbons (Fsp3) is 0.529. The summed E-state index contributed by atoms with van der Waals surface area (Å²) < 4.78 is 10.4. The summed E-state index contributed by atoms with van der Waals surface area (Å²) in [5.74, 6) is 11.7. The van der Waals surface area contributed by atoms with Gasteiger partial charge in [0.2, 0.25) is 0 Å². The number of hydrogen-bond acceptors (Lipinski definition) is 5. The van der Waals surface area contributed by atoms with Crippen molar-refractivity contribution in [3.05, 3.63) is 16.1 Å². The summed E-state index contributed by atoms with van der Waals surface area (Å²) in [6.45, 7) is 11.6. The van der Waals surface area contributed by atoms with Crippen LogP contribution < -0.4 is 5.32 Å². The molecule has 0 saturated heterocycles. The maximum Gasteiger partial charge on any atom is 0.407 e. The van der Waals surface area contributed by atoms with Crippen LogP contribution in [0.2, 0.25) is 18.1 Å². The van der Waals surface area contributed by atoms with Gasteiger partial charge < -0.3 is 14.5 Å². The first-order valence-corrected chi connectivity index (χ1v) is 11.3. The zero-order valence-corrected chi connectivity index (χ0v) is 16.9. The molecule has 1 aromatic heterocycles. The van der Waals surface area contributed by atoms with Crippen molar-refractivity contribution in [2.45, 2.75) is 38.9 Å². The van der Waals surface area contributed by atoms with E-state index in [1.165, 1.54) is 18.4 Å². The Kier molecular flexibility index (Phi) is 7.49. The topological polar surface area (TPSA) is 60.5 Å². The molecule has 0 radical (unpaired) electrons. The molecule has 0 aliphatic heterocycles. The molecule has 0 aromatic carbocycles. The summed E-state index contributed by atoms with van der Waals surface area (Å²) in [4.78, 5) is 15.2. The SMILES string of the molecule is COC(=O)NCC#Cc1nc(C#CCO[Si](C)(C)C(C)(C)C)cs1. The monoisotopic (exact) mass is 364 g/mol. The lowest BCUT2D eigenvalue weighted by atomic mass is 10.2. The van der Waals surface area contributed by atoms with Gasteiger partial charge in [-0.05, 0) is 30.0 Å². The van der Waals surface area contributed by atoms with E-state index in [0.29, 0.717) is 17.3 Å². The first-order chi connectivity index (χ1) is 11.2. The predicted molar refractivity (Wildman–Crippen MR) is 99.4 cm³/mol. The van der Waals surface area contributed by atoms with Crippen molar-refractivity contribution in [2.24, 2.45) is 0 Å². The fourth-order valence-electron chi connectivity index (χ4n) is 1.26. The third kappa shape index (κ3) is 6.75. The first-order valence-electron chi connectivity index (χ1n) is 7.55. The second-order valence-corrected chi connectivity index (χ2v) is 12.2. The van der Waals surface area contributed by atoms with E-state index in [-0.39, 0.29) is 11.6 Å². The van der Waals surface area contributed by atoms with Gasteiger partial charge in [-0.1, -0.05) is 32.6 Å². The number of thiazole rings is 1. The van der Waals surface area contributed by atoms with Crippen molar-refractivity contribution in [1.29, 1.82) is 0 Å². The Hall–Kier alpha value is -1.80. The summed E-state index contributed by atoms with van der Waals surface area (Å²) in [7, 11) is -0.451. The summed E-state index contributed by atoms with van der Waals surface area (Å²) in [5, 5.41) is 5.18. The molecule has 7 heteroatoms. The summed E-state index contributed by atoms with van der Waals surface area (Å²) >= 11 is 1.42. The minimum Gasteiger partial charge on any atom is -0.453 e. The van der Waals surface area contributed by atoms with Crippen molar-refractivity contribution < 1.29 is 14.0 Å². The highest BCUT2D eigenvalue weighted by molar-refractivity contribution is 7.10. The second-order valence-electron chi connectivity index (χ2n) is 6.54. The fourth-order valence-corrected chi connectivity index (χ4v) is 2.74. The van der Waals surface area contributed by atoms with Gasteiger partial charge in [-0.2, -0.15) is 0 Å². The average Bonchev–Trinajstić information content (AvgIpc) is 2.94. The molecule has 0 atom stereocenters. The molecule has 1 rings (SSSR count). The Balaban J connectivity index is 2.51. The van der Waals surface area contributed by atoms with Gasteiger partial charge in [-0.15, -0.1) is 11.3 Å². The first kappa shape index (κ1) is 20.2. The van der Waals surface area contributed by atoms with E-state index in [9.17, 15) is 4.79 Å². The van der Waals surface area contributed by atoms with Gasteiger partial charge in [-0.25, -0.2) is 9.78 Å². The van der Waals surface area contributed by atoms with E-state index in [2.05, 4.69) is 72.6 Å². The largest absolute Gasteiger partial charge is 0.453 e. The van der Waals surface area contributed by atoms with E-state index < -0.39 is 14.4 Å². The Morgan fingerprint density at radius 2 is 2.04 bits per heavy atom. The lowest BCUT2D eigenvalue weighted by Crippen LogP contribution is -2.40. The second kappa shape index (κ2) is 8.88. The molecule has 1 aromatic rings. The highest BCUT2D eigenvalue weighted by Gasteiger charge is 2.36. The van der Waals surface area contributed by atoms with Gasteiger partial charge in [0, 0.05) is 5.38 Å². The van der Waals surface area contributed by atoms with Gasteiger partial charge >= 0.3 is 6.09 Å². The number of aromatic nitrogens is 1. The minimum absolute atomic E-state index is 0.177. The van der Waals surface area contributed by atoms with Crippen molar-refractivity contribution >= 4 is 25.7 Å². The molecular weight excluding hydrogens is 340 g/mol. The molecule has 0 unspecified atom stereocenters. The summed E-state index contributed by atoms with van der Waals surface area (Å²) in [6.07, 6.45) is -0.503. The molecule has 1 amide bonds. The van der Waals surface area contributed by atoms with Crippen LogP contribution in [0.15, 0.2) is 5.38 Å². The number of nitrogens with one attached hydrogen (secondary N) is 1. The predicted octanol–water partition coefficient (Wildman–Crippen LogP) is 3.22. The number of carbonyl (C=O) groups is 1. The standard InChI is InChI=1S/C17H24N2O3SSi/c1-17(2,3)24(5,6)22-12-8-9-14-13-23-15(19-14)10-7-11-18-16(20)21-4/h13H,11-12H2,1-6H3,(H,18,20). The van der Waals surface area contributed by atoms with Crippen LogP contribution in [0.25, 0.3) is 0 Å². The van der Waals surface area contributed by atoms with Crippen molar-refractivity contribution in [3.63, 3.8) is 0 Å². The highest BCUT2D eigenvalue weighted by atomic mass is 32.1. The number of nitrogens with zero attached hydrogens (tertiary/aromatic N) is 1. The van der Waals surface area contributed by atoms with Crippen LogP contribution in [0.3, 0.4) is 0 Å². The van der Waals surface area contributed by atoms with Crippen LogP contribution in [0.1, 0.15) is 31.5 Å². The van der Waals surface area contributed by atoms with Gasteiger partial charge in [0.05, 0.1) is 20.3 Å². The highest BCUT2D eigenvalue weighted by Crippen LogP contribution is 2.36. The van der Waals surface area contributed by atoms with E-state index in [4.69, 9.17) is 4.43 Å². The molecule has 5 nitrogen and oxygen atoms in total. The minimum atomic E-state index is -1.76. The Morgan fingerprint density at radius 3 is 2.67 bits per heavy atom. The van der Waals surface area contributed by atoms with Crippen LogP contribution >= 0.6 is 11.3 Å². The summed E-state index contributed by atoms with van der Waals surface area (Å²) in [5.41, 5.74) is 0.684. The number of ether oxygens (including phenoxy) is 1. The van der Waals surface area contributed by atoms with Crippen molar-refractivity contribution in [2.75, 3.05) is 20.3 Å². The molecule has 0 bridgehead atoms. The van der Waals surface area contributed by atoms with Gasteiger partial charge in [-0.3, -0.25) is 0 Å². The Labute approximate surface area is 149 Å². The molecule has 1 N–H and O–H groups in total. The third-order valence-corrected chi connectivity index (χ3v) is 8.97. The van der Waals surface area contributed by atoms with Gasteiger partial charge in [0.15, 0.2) is 13.3 Å². The van der Waals surface area contributed by atoms with Crippen LogP contribution in [-0.2, 0) is 9.16 Å². The number of carbonyl (C=O) groups excluding carboxylic acids is 1. The average molecular weight is 365 g/mol. The smallest absolute Gasteiger partial charge is 0.407 e. The number of alkyl carbamates (subject to hydrolysis) is 1. The number of methoxy groups -OCH3 is 1. The Morgan fingerprint density at radius 1 is 1.33 bits per heavy atom. The molecule has 1 heterocycles. The van der Waals surface area contributed by atoms with Gasteiger partial charge in [0.1, 0.15) is 5.69 Å². The van der Waals surface area contributed by atoms with Crippen LogP contribution in [0, 0.1) is 23.7 Å². The normalized spacial score (nSPS) is 10.9. The zero-order chi connectivity index (χ0) is 18.2. The molecule has 130 valence electrons. The number of hydrogen-bond donors (Lipinski definition) is 1. The molecule has 0 fully saturated rings. The maximum absolute atomic E-state index is 10.9. The molecular formula is C17H24N2O3SSi. The van der Waals surface area contributed by atoms with Crippen molar-refractivity contribution in [3.8, 4) is 23.7 Å². The van der Waals surface area contributed by atoms with Gasteiger partial charge in [0.25, 0.3) is 0 Å². The van der Waals surface area contributed by atoms with Crippen LogP contribution in [-0.4, -0.2) is 39.7 Å².